The molecule has 36 heavy (non-hydrogen) atoms. The summed E-state index contributed by atoms with van der Waals surface area (Å²) in [5, 5.41) is 24.0. The summed E-state index contributed by atoms with van der Waals surface area (Å²) in [7, 11) is 0. The lowest BCUT2D eigenvalue weighted by atomic mass is 10.1. The summed E-state index contributed by atoms with van der Waals surface area (Å²) in [6, 6.07) is 10.1. The van der Waals surface area contributed by atoms with Gasteiger partial charge in [-0.2, -0.15) is 18.2 Å². The summed E-state index contributed by atoms with van der Waals surface area (Å²) >= 11 is 0. The standard InChI is InChI=1S/C23H23F4N3O6/c24-8-10-35-19-6-5-16(11-18(19)23(25,26)27)21-29-20(30-36-21)15-3-1-14(2-4-15)13-34-9-7-17(31)12-28-22(32)33/h1-6,11,17,28,31H,7-10,12-13H2,(H,32,33). The fourth-order valence-electron chi connectivity index (χ4n) is 3.08. The predicted molar refractivity (Wildman–Crippen MR) is 118 cm³/mol. The third kappa shape index (κ3) is 7.65. The lowest BCUT2D eigenvalue weighted by Crippen LogP contribution is -2.31. The van der Waals surface area contributed by atoms with Gasteiger partial charge in [-0.1, -0.05) is 29.4 Å². The van der Waals surface area contributed by atoms with Crippen LogP contribution in [0.4, 0.5) is 22.4 Å². The first-order chi connectivity index (χ1) is 17.2. The number of nitrogens with one attached hydrogen (secondary N) is 1. The van der Waals surface area contributed by atoms with Gasteiger partial charge in [0.05, 0.1) is 18.3 Å². The molecule has 9 nitrogen and oxygen atoms in total. The zero-order valence-electron chi connectivity index (χ0n) is 18.8. The molecule has 1 aromatic heterocycles. The Morgan fingerprint density at radius 1 is 1.11 bits per heavy atom. The minimum absolute atomic E-state index is 0.0273. The number of alkyl halides is 4. The molecule has 0 saturated carbocycles. The van der Waals surface area contributed by atoms with E-state index in [1.807, 2.05) is 0 Å². The van der Waals surface area contributed by atoms with E-state index in [0.29, 0.717) is 5.56 Å². The minimum Gasteiger partial charge on any atom is -0.490 e. The number of hydrogen-bond donors (Lipinski definition) is 3. The zero-order valence-corrected chi connectivity index (χ0v) is 18.8. The zero-order chi connectivity index (χ0) is 26.1. The Morgan fingerprint density at radius 3 is 2.50 bits per heavy atom. The minimum atomic E-state index is -4.73. The van der Waals surface area contributed by atoms with E-state index in [1.54, 1.807) is 24.3 Å². The number of amides is 1. The summed E-state index contributed by atoms with van der Waals surface area (Å²) in [5.74, 6) is -0.457. The molecule has 0 radical (unpaired) electrons. The topological polar surface area (TPSA) is 127 Å². The summed E-state index contributed by atoms with van der Waals surface area (Å²) in [6.45, 7) is -1.05. The van der Waals surface area contributed by atoms with E-state index in [-0.39, 0.29) is 43.5 Å². The second-order valence-corrected chi connectivity index (χ2v) is 7.55. The van der Waals surface area contributed by atoms with Gasteiger partial charge in [-0.3, -0.25) is 0 Å². The summed E-state index contributed by atoms with van der Waals surface area (Å²) < 4.78 is 68.0. The Labute approximate surface area is 202 Å². The number of carbonyl (C=O) groups is 1. The first kappa shape index (κ1) is 26.9. The number of ether oxygens (including phenoxy) is 2. The molecule has 13 heteroatoms. The second-order valence-electron chi connectivity index (χ2n) is 7.55. The van der Waals surface area contributed by atoms with Crippen molar-refractivity contribution in [1.29, 1.82) is 0 Å². The highest BCUT2D eigenvalue weighted by atomic mass is 19.4. The highest BCUT2D eigenvalue weighted by Crippen LogP contribution is 2.38. The Kier molecular flexibility index (Phi) is 9.19. The molecule has 3 rings (SSSR count). The largest absolute Gasteiger partial charge is 0.490 e. The molecule has 0 bridgehead atoms. The van der Waals surface area contributed by atoms with Crippen LogP contribution < -0.4 is 10.1 Å². The molecule has 1 heterocycles. The first-order valence-electron chi connectivity index (χ1n) is 10.7. The van der Waals surface area contributed by atoms with Gasteiger partial charge in [-0.05, 0) is 30.2 Å². The van der Waals surface area contributed by atoms with Crippen molar-refractivity contribution in [3.63, 3.8) is 0 Å². The van der Waals surface area contributed by atoms with Crippen molar-refractivity contribution in [3.8, 4) is 28.6 Å². The van der Waals surface area contributed by atoms with E-state index in [0.717, 1.165) is 17.7 Å². The first-order valence-corrected chi connectivity index (χ1v) is 10.7. The van der Waals surface area contributed by atoms with Crippen molar-refractivity contribution in [2.45, 2.75) is 25.3 Å². The van der Waals surface area contributed by atoms with Gasteiger partial charge in [0.1, 0.15) is 19.0 Å². The van der Waals surface area contributed by atoms with E-state index >= 15 is 0 Å². The number of halogens is 4. The van der Waals surface area contributed by atoms with Gasteiger partial charge in [0.2, 0.25) is 5.82 Å². The number of aromatic nitrogens is 2. The van der Waals surface area contributed by atoms with Crippen LogP contribution in [0.2, 0.25) is 0 Å². The average Bonchev–Trinajstić information content (AvgIpc) is 3.34. The van der Waals surface area contributed by atoms with Crippen LogP contribution in [0.1, 0.15) is 17.5 Å². The third-order valence-corrected chi connectivity index (χ3v) is 4.86. The van der Waals surface area contributed by atoms with Crippen molar-refractivity contribution >= 4 is 6.09 Å². The molecule has 3 N–H and O–H groups in total. The highest BCUT2D eigenvalue weighted by Gasteiger charge is 2.35. The van der Waals surface area contributed by atoms with Crippen LogP contribution in [-0.2, 0) is 17.5 Å². The maximum Gasteiger partial charge on any atom is 0.419 e. The summed E-state index contributed by atoms with van der Waals surface area (Å²) in [4.78, 5) is 14.6. The fourth-order valence-corrected chi connectivity index (χ4v) is 3.08. The quantitative estimate of drug-likeness (QED) is 0.242. The smallest absolute Gasteiger partial charge is 0.419 e. The second kappa shape index (κ2) is 12.3. The van der Waals surface area contributed by atoms with E-state index in [9.17, 15) is 27.5 Å². The monoisotopic (exact) mass is 513 g/mol. The number of nitrogens with zero attached hydrogens (tertiary/aromatic N) is 2. The predicted octanol–water partition coefficient (Wildman–Crippen LogP) is 4.31. The SMILES string of the molecule is O=C(O)NCC(O)CCOCc1ccc(-c2noc(-c3ccc(OCCF)c(C(F)(F)F)c3)n2)cc1. The normalized spacial score (nSPS) is 12.4. The molecular weight excluding hydrogens is 490 g/mol. The van der Waals surface area contributed by atoms with Crippen molar-refractivity contribution < 1.29 is 46.6 Å². The molecule has 1 unspecified atom stereocenters. The van der Waals surface area contributed by atoms with E-state index in [1.165, 1.54) is 6.07 Å². The van der Waals surface area contributed by atoms with Gasteiger partial charge in [-0.25, -0.2) is 9.18 Å². The lowest BCUT2D eigenvalue weighted by Gasteiger charge is -2.13. The molecule has 0 aliphatic carbocycles. The van der Waals surface area contributed by atoms with Gasteiger partial charge in [-0.15, -0.1) is 0 Å². The average molecular weight is 513 g/mol. The van der Waals surface area contributed by atoms with Crippen LogP contribution in [-0.4, -0.2) is 59.0 Å². The van der Waals surface area contributed by atoms with Crippen LogP contribution >= 0.6 is 0 Å². The van der Waals surface area contributed by atoms with E-state index in [2.05, 4.69) is 15.5 Å². The van der Waals surface area contributed by atoms with Crippen molar-refractivity contribution in [2.24, 2.45) is 0 Å². The third-order valence-electron chi connectivity index (χ3n) is 4.86. The molecule has 1 amide bonds. The molecule has 1 atom stereocenters. The van der Waals surface area contributed by atoms with Gasteiger partial charge >= 0.3 is 12.3 Å². The van der Waals surface area contributed by atoms with Crippen LogP contribution in [0.5, 0.6) is 5.75 Å². The van der Waals surface area contributed by atoms with Gasteiger partial charge in [0.25, 0.3) is 5.89 Å². The van der Waals surface area contributed by atoms with E-state index < -0.39 is 43.0 Å². The molecule has 0 fully saturated rings. The molecule has 3 aromatic rings. The molecule has 194 valence electrons. The van der Waals surface area contributed by atoms with Crippen LogP contribution in [0.3, 0.4) is 0 Å². The summed E-state index contributed by atoms with van der Waals surface area (Å²) in [5.41, 5.74) is 0.310. The molecule has 0 aliphatic heterocycles. The number of carboxylic acid groups (broad SMARTS) is 1. The summed E-state index contributed by atoms with van der Waals surface area (Å²) in [6.07, 6.45) is -6.55. The maximum atomic E-state index is 13.4. The number of benzene rings is 2. The Balaban J connectivity index is 1.61. The number of aliphatic hydroxyl groups is 1. The fraction of sp³-hybridized carbons (Fsp3) is 0.348. The Hall–Kier alpha value is -3.71. The number of aliphatic hydroxyl groups excluding tert-OH is 1. The van der Waals surface area contributed by atoms with Crippen LogP contribution in [0.15, 0.2) is 47.0 Å². The number of hydrogen-bond acceptors (Lipinski definition) is 7. The molecule has 0 aliphatic rings. The van der Waals surface area contributed by atoms with Gasteiger partial charge < -0.3 is 29.5 Å². The lowest BCUT2D eigenvalue weighted by molar-refractivity contribution is -0.138. The molecule has 0 spiro atoms. The van der Waals surface area contributed by atoms with Crippen LogP contribution in [0.25, 0.3) is 22.8 Å². The van der Waals surface area contributed by atoms with E-state index in [4.69, 9.17) is 19.1 Å². The van der Waals surface area contributed by atoms with Gasteiger partial charge in [0, 0.05) is 24.3 Å². The number of rotatable bonds is 12. The molecular formula is C23H23F4N3O6. The Morgan fingerprint density at radius 2 is 1.83 bits per heavy atom. The van der Waals surface area contributed by atoms with Crippen molar-refractivity contribution in [3.05, 3.63) is 53.6 Å². The maximum absolute atomic E-state index is 13.4. The molecule has 2 aromatic carbocycles. The highest BCUT2D eigenvalue weighted by molar-refractivity contribution is 5.64. The van der Waals surface area contributed by atoms with Gasteiger partial charge in [0.15, 0.2) is 0 Å². The van der Waals surface area contributed by atoms with Crippen LogP contribution in [0, 0.1) is 0 Å². The van der Waals surface area contributed by atoms with Crippen molar-refractivity contribution in [2.75, 3.05) is 26.4 Å². The Bertz CT molecular complexity index is 1140. The van der Waals surface area contributed by atoms with Crippen molar-refractivity contribution in [1.82, 2.24) is 15.5 Å². The molecule has 0 saturated heterocycles.